The van der Waals surface area contributed by atoms with Crippen LogP contribution in [0.5, 0.6) is 0 Å². The quantitative estimate of drug-likeness (QED) is 0.204. The third kappa shape index (κ3) is 7.93. The molecule has 1 fully saturated rings. The molecule has 1 aromatic rings. The molecule has 1 saturated carbocycles. The molecule has 0 N–H and O–H groups in total. The van der Waals surface area contributed by atoms with Crippen LogP contribution >= 0.6 is 0 Å². The second kappa shape index (κ2) is 13.7. The first kappa shape index (κ1) is 24.7. The second-order valence-electron chi connectivity index (χ2n) is 9.44. The predicted octanol–water partition coefficient (Wildman–Crippen LogP) is 7.51. The summed E-state index contributed by atoms with van der Waals surface area (Å²) in [6.45, 7) is 7.66. The number of hydrogen-bond acceptors (Lipinski definition) is 1. The molecule has 1 atom stereocenters. The summed E-state index contributed by atoms with van der Waals surface area (Å²) in [4.78, 5) is 14.0. The van der Waals surface area contributed by atoms with Crippen molar-refractivity contribution in [2.45, 2.75) is 110 Å². The molecule has 0 spiro atoms. The van der Waals surface area contributed by atoms with E-state index in [1.165, 1.54) is 62.5 Å². The molecule has 0 aliphatic heterocycles. The molecule has 30 heavy (non-hydrogen) atoms. The lowest BCUT2D eigenvalue weighted by Gasteiger charge is -2.44. The topological polar surface area (TPSA) is 20.3 Å². The van der Waals surface area contributed by atoms with Crippen molar-refractivity contribution in [2.75, 3.05) is 6.54 Å². The van der Waals surface area contributed by atoms with Crippen molar-refractivity contribution in [1.82, 2.24) is 4.90 Å². The number of nitrogens with zero attached hydrogens (tertiary/aromatic N) is 1. The van der Waals surface area contributed by atoms with E-state index in [-0.39, 0.29) is 6.04 Å². The Morgan fingerprint density at radius 1 is 1.03 bits per heavy atom. The third-order valence-electron chi connectivity index (χ3n) is 7.01. The summed E-state index contributed by atoms with van der Waals surface area (Å²) in [6.07, 6.45) is 21.6. The molecule has 0 radical (unpaired) electrons. The van der Waals surface area contributed by atoms with Crippen molar-refractivity contribution < 1.29 is 4.79 Å². The van der Waals surface area contributed by atoms with Gasteiger partial charge in [-0.25, -0.2) is 0 Å². The summed E-state index contributed by atoms with van der Waals surface area (Å²) >= 11 is 0. The van der Waals surface area contributed by atoms with Gasteiger partial charge in [-0.2, -0.15) is 0 Å². The maximum absolute atomic E-state index is 11.9. The van der Waals surface area contributed by atoms with E-state index >= 15 is 0 Å². The maximum Gasteiger partial charge on any atom is 0.210 e. The molecule has 1 aliphatic carbocycles. The average molecular weight is 412 g/mol. The summed E-state index contributed by atoms with van der Waals surface area (Å²) in [5, 5.41) is 0. The molecule has 1 amide bonds. The van der Waals surface area contributed by atoms with E-state index in [2.05, 4.69) is 62.1 Å². The van der Waals surface area contributed by atoms with E-state index in [0.29, 0.717) is 5.41 Å². The van der Waals surface area contributed by atoms with Crippen molar-refractivity contribution in [1.29, 1.82) is 0 Å². The number of carbonyl (C=O) groups is 1. The molecule has 1 aromatic carbocycles. The lowest BCUT2D eigenvalue weighted by molar-refractivity contribution is -0.120. The van der Waals surface area contributed by atoms with Gasteiger partial charge < -0.3 is 4.90 Å². The molecule has 1 aliphatic rings. The first-order chi connectivity index (χ1) is 14.7. The smallest absolute Gasteiger partial charge is 0.210 e. The van der Waals surface area contributed by atoms with Gasteiger partial charge in [0.05, 0.1) is 0 Å². The fourth-order valence-corrected chi connectivity index (χ4v) is 4.92. The van der Waals surface area contributed by atoms with Gasteiger partial charge in [0.1, 0.15) is 0 Å². The van der Waals surface area contributed by atoms with E-state index in [0.717, 1.165) is 45.1 Å². The van der Waals surface area contributed by atoms with Crippen LogP contribution in [0.15, 0.2) is 36.4 Å². The van der Waals surface area contributed by atoms with E-state index in [4.69, 9.17) is 0 Å². The van der Waals surface area contributed by atoms with Crippen molar-refractivity contribution in [3.05, 3.63) is 47.5 Å². The lowest BCUT2D eigenvalue weighted by atomic mass is 9.64. The SMILES string of the molecule is CCCCC1(CCN(C=O)C(/C=C/CCc2cccc(CCC)c2)CCC)CCC1. The average Bonchev–Trinajstić information content (AvgIpc) is 2.73. The summed E-state index contributed by atoms with van der Waals surface area (Å²) < 4.78 is 0. The predicted molar refractivity (Wildman–Crippen MR) is 130 cm³/mol. The van der Waals surface area contributed by atoms with Crippen LogP contribution in [0.3, 0.4) is 0 Å². The molecular weight excluding hydrogens is 366 g/mol. The van der Waals surface area contributed by atoms with Crippen molar-refractivity contribution in [3.63, 3.8) is 0 Å². The highest BCUT2D eigenvalue weighted by Crippen LogP contribution is 2.48. The molecule has 2 heteroatoms. The molecule has 2 rings (SSSR count). The zero-order valence-corrected chi connectivity index (χ0v) is 19.9. The number of allylic oxidation sites excluding steroid dienone is 1. The standard InChI is InChI=1S/C28H45NO/c1-4-7-18-28(19-11-20-28)21-22-29(24-30)27(13-6-3)17-9-8-14-26-16-10-15-25(23-26)12-5-2/h9-10,15-17,23-24,27H,4-8,11-14,18-22H2,1-3H3/b17-9+. The third-order valence-corrected chi connectivity index (χ3v) is 7.01. The Morgan fingerprint density at radius 2 is 1.80 bits per heavy atom. The van der Waals surface area contributed by atoms with Crippen molar-refractivity contribution >= 4 is 6.41 Å². The van der Waals surface area contributed by atoms with Crippen LogP contribution in [0.4, 0.5) is 0 Å². The lowest BCUT2D eigenvalue weighted by Crippen LogP contribution is -2.38. The van der Waals surface area contributed by atoms with E-state index < -0.39 is 0 Å². The normalized spacial score (nSPS) is 16.4. The van der Waals surface area contributed by atoms with Gasteiger partial charge >= 0.3 is 0 Å². The van der Waals surface area contributed by atoms with Gasteiger partial charge in [-0.05, 0) is 67.9 Å². The van der Waals surface area contributed by atoms with Crippen LogP contribution in [-0.2, 0) is 17.6 Å². The zero-order valence-electron chi connectivity index (χ0n) is 19.9. The summed E-state index contributed by atoms with van der Waals surface area (Å²) in [5.74, 6) is 0. The molecule has 1 unspecified atom stereocenters. The Bertz CT molecular complexity index is 631. The largest absolute Gasteiger partial charge is 0.339 e. The number of carbonyl (C=O) groups excluding carboxylic acids is 1. The molecule has 168 valence electrons. The van der Waals surface area contributed by atoms with Gasteiger partial charge in [0, 0.05) is 12.6 Å². The minimum Gasteiger partial charge on any atom is -0.339 e. The molecule has 0 saturated heterocycles. The number of aryl methyl sites for hydroxylation is 2. The number of amides is 1. The van der Waals surface area contributed by atoms with Crippen LogP contribution in [0.2, 0.25) is 0 Å². The Kier molecular flexibility index (Phi) is 11.3. The summed E-state index contributed by atoms with van der Waals surface area (Å²) in [6, 6.07) is 9.27. The zero-order chi connectivity index (χ0) is 21.7. The van der Waals surface area contributed by atoms with Crippen molar-refractivity contribution in [2.24, 2.45) is 5.41 Å². The Labute approximate surface area is 186 Å². The monoisotopic (exact) mass is 411 g/mol. The minimum atomic E-state index is 0.252. The van der Waals surface area contributed by atoms with Crippen molar-refractivity contribution in [3.8, 4) is 0 Å². The number of benzene rings is 1. The number of hydrogen-bond donors (Lipinski definition) is 0. The molecule has 0 heterocycles. The number of unbranched alkanes of at least 4 members (excludes halogenated alkanes) is 1. The van der Waals surface area contributed by atoms with Gasteiger partial charge in [-0.1, -0.05) is 89.3 Å². The highest BCUT2D eigenvalue weighted by molar-refractivity contribution is 5.48. The highest BCUT2D eigenvalue weighted by Gasteiger charge is 2.36. The van der Waals surface area contributed by atoms with Gasteiger partial charge in [-0.3, -0.25) is 4.79 Å². The maximum atomic E-state index is 11.9. The molecule has 2 nitrogen and oxygen atoms in total. The fourth-order valence-electron chi connectivity index (χ4n) is 4.92. The fraction of sp³-hybridized carbons (Fsp3) is 0.679. The van der Waals surface area contributed by atoms with E-state index in [1.807, 2.05) is 0 Å². The van der Waals surface area contributed by atoms with Crippen LogP contribution < -0.4 is 0 Å². The van der Waals surface area contributed by atoms with E-state index in [1.54, 1.807) is 0 Å². The van der Waals surface area contributed by atoms with Gasteiger partial charge in [0.15, 0.2) is 0 Å². The number of rotatable bonds is 16. The second-order valence-corrected chi connectivity index (χ2v) is 9.44. The van der Waals surface area contributed by atoms with Crippen LogP contribution in [-0.4, -0.2) is 23.9 Å². The van der Waals surface area contributed by atoms with Crippen LogP contribution in [0, 0.1) is 5.41 Å². The molecular formula is C28H45NO. The Hall–Kier alpha value is -1.57. The van der Waals surface area contributed by atoms with Gasteiger partial charge in [0.2, 0.25) is 6.41 Å². The summed E-state index contributed by atoms with van der Waals surface area (Å²) in [7, 11) is 0. The first-order valence-corrected chi connectivity index (χ1v) is 12.6. The Morgan fingerprint density at radius 3 is 2.40 bits per heavy atom. The van der Waals surface area contributed by atoms with Crippen LogP contribution in [0.1, 0.15) is 103 Å². The summed E-state index contributed by atoms with van der Waals surface area (Å²) in [5.41, 5.74) is 3.40. The molecule has 0 aromatic heterocycles. The van der Waals surface area contributed by atoms with Crippen LogP contribution in [0.25, 0.3) is 0 Å². The first-order valence-electron chi connectivity index (χ1n) is 12.6. The Balaban J connectivity index is 1.87. The van der Waals surface area contributed by atoms with Gasteiger partial charge in [-0.15, -0.1) is 0 Å². The van der Waals surface area contributed by atoms with Gasteiger partial charge in [0.25, 0.3) is 0 Å². The van der Waals surface area contributed by atoms with E-state index in [9.17, 15) is 4.79 Å². The minimum absolute atomic E-state index is 0.252. The molecule has 0 bridgehead atoms. The highest BCUT2D eigenvalue weighted by atomic mass is 16.1.